The molecule has 0 aliphatic heterocycles. The third-order valence-electron chi connectivity index (χ3n) is 3.43. The Kier molecular flexibility index (Phi) is 4.70. The van der Waals surface area contributed by atoms with Crippen molar-refractivity contribution in [1.82, 2.24) is 4.72 Å². The van der Waals surface area contributed by atoms with Crippen LogP contribution >= 0.6 is 11.3 Å². The van der Waals surface area contributed by atoms with Crippen molar-refractivity contribution in [2.24, 2.45) is 0 Å². The van der Waals surface area contributed by atoms with Crippen molar-refractivity contribution in [1.29, 1.82) is 0 Å². The highest BCUT2D eigenvalue weighted by Gasteiger charge is 2.18. The van der Waals surface area contributed by atoms with Gasteiger partial charge in [-0.15, -0.1) is 11.3 Å². The Morgan fingerprint density at radius 1 is 1.19 bits per heavy atom. The van der Waals surface area contributed by atoms with E-state index >= 15 is 0 Å². The van der Waals surface area contributed by atoms with Gasteiger partial charge in [-0.1, -0.05) is 6.92 Å². The average Bonchev–Trinajstić information content (AvgIpc) is 2.88. The summed E-state index contributed by atoms with van der Waals surface area (Å²) in [7, 11) is -3.55. The van der Waals surface area contributed by atoms with Crippen LogP contribution in [0.15, 0.2) is 29.2 Å². The molecule has 0 aliphatic carbocycles. The van der Waals surface area contributed by atoms with Crippen molar-refractivity contribution in [3.63, 3.8) is 0 Å². The number of hydrogen-bond donors (Lipinski definition) is 2. The molecule has 0 saturated heterocycles. The molecule has 3 N–H and O–H groups in total. The molecule has 21 heavy (non-hydrogen) atoms. The van der Waals surface area contributed by atoms with Crippen molar-refractivity contribution in [3.8, 4) is 0 Å². The average molecular weight is 324 g/mol. The Morgan fingerprint density at radius 3 is 2.48 bits per heavy atom. The molecule has 0 amide bonds. The molecule has 1 aromatic heterocycles. The van der Waals surface area contributed by atoms with Gasteiger partial charge in [0.2, 0.25) is 10.0 Å². The molecule has 2 rings (SSSR count). The van der Waals surface area contributed by atoms with Crippen LogP contribution in [-0.4, -0.2) is 8.42 Å². The van der Waals surface area contributed by atoms with Crippen molar-refractivity contribution in [2.45, 2.75) is 38.6 Å². The van der Waals surface area contributed by atoms with E-state index in [2.05, 4.69) is 11.6 Å². The lowest BCUT2D eigenvalue weighted by atomic mass is 10.1. The molecule has 2 aromatic rings. The van der Waals surface area contributed by atoms with Crippen LogP contribution in [-0.2, 0) is 23.0 Å². The second-order valence-electron chi connectivity index (χ2n) is 5.01. The number of nitrogens with one attached hydrogen (secondary N) is 1. The summed E-state index contributed by atoms with van der Waals surface area (Å²) < 4.78 is 27.5. The largest absolute Gasteiger partial charge is 0.399 e. The van der Waals surface area contributed by atoms with Crippen molar-refractivity contribution in [2.75, 3.05) is 5.73 Å². The summed E-state index contributed by atoms with van der Waals surface area (Å²) in [6, 6.07) is 7.28. The number of hydrogen-bond acceptors (Lipinski definition) is 4. The summed E-state index contributed by atoms with van der Waals surface area (Å²) in [4.78, 5) is 2.51. The van der Waals surface area contributed by atoms with Crippen LogP contribution in [0.25, 0.3) is 0 Å². The SMILES string of the molecule is CCc1ccc(CNS(=O)(=O)c2cc(N)cc(C)c2C)s1. The highest BCUT2D eigenvalue weighted by atomic mass is 32.2. The lowest BCUT2D eigenvalue weighted by Crippen LogP contribution is -2.24. The summed E-state index contributed by atoms with van der Waals surface area (Å²) in [6.45, 7) is 6.04. The predicted molar refractivity (Wildman–Crippen MR) is 88.1 cm³/mol. The maximum Gasteiger partial charge on any atom is 0.241 e. The van der Waals surface area contributed by atoms with Gasteiger partial charge in [0.1, 0.15) is 0 Å². The molecule has 0 bridgehead atoms. The number of thiophene rings is 1. The third kappa shape index (κ3) is 3.64. The fourth-order valence-electron chi connectivity index (χ4n) is 2.08. The first kappa shape index (κ1) is 16.0. The first-order valence-electron chi connectivity index (χ1n) is 6.77. The lowest BCUT2D eigenvalue weighted by molar-refractivity contribution is 0.581. The predicted octanol–water partition coefficient (Wildman–Crippen LogP) is 2.99. The monoisotopic (exact) mass is 324 g/mol. The van der Waals surface area contributed by atoms with Gasteiger partial charge in [0.25, 0.3) is 0 Å². The maximum atomic E-state index is 12.4. The van der Waals surface area contributed by atoms with Crippen LogP contribution in [0, 0.1) is 13.8 Å². The Labute approximate surface area is 130 Å². The van der Waals surface area contributed by atoms with Crippen molar-refractivity contribution < 1.29 is 8.42 Å². The van der Waals surface area contributed by atoms with Gasteiger partial charge in [0.15, 0.2) is 0 Å². The fourth-order valence-corrected chi connectivity index (χ4v) is 4.43. The Morgan fingerprint density at radius 2 is 1.86 bits per heavy atom. The van der Waals surface area contributed by atoms with E-state index in [9.17, 15) is 8.42 Å². The minimum Gasteiger partial charge on any atom is -0.399 e. The standard InChI is InChI=1S/C15H20N2O2S2/c1-4-13-5-6-14(20-13)9-17-21(18,19)15-8-12(16)7-10(2)11(15)3/h5-8,17H,4,9,16H2,1-3H3. The van der Waals surface area contributed by atoms with Crippen molar-refractivity contribution >= 4 is 27.0 Å². The van der Waals surface area contributed by atoms with Crippen LogP contribution < -0.4 is 10.5 Å². The fraction of sp³-hybridized carbons (Fsp3) is 0.333. The molecule has 0 atom stereocenters. The molecule has 114 valence electrons. The zero-order valence-electron chi connectivity index (χ0n) is 12.4. The number of sulfonamides is 1. The van der Waals surface area contributed by atoms with Crippen LogP contribution in [0.5, 0.6) is 0 Å². The van der Waals surface area contributed by atoms with Gasteiger partial charge in [0, 0.05) is 22.0 Å². The van der Waals surface area contributed by atoms with Gasteiger partial charge < -0.3 is 5.73 Å². The molecule has 1 aromatic carbocycles. The summed E-state index contributed by atoms with van der Waals surface area (Å²) in [5.41, 5.74) is 7.83. The molecule has 0 aliphatic rings. The molecule has 0 saturated carbocycles. The number of rotatable bonds is 5. The zero-order chi connectivity index (χ0) is 15.6. The highest BCUT2D eigenvalue weighted by Crippen LogP contribution is 2.23. The molecule has 6 heteroatoms. The number of benzene rings is 1. The minimum atomic E-state index is -3.55. The molecule has 0 fully saturated rings. The lowest BCUT2D eigenvalue weighted by Gasteiger charge is -2.11. The molecule has 0 radical (unpaired) electrons. The van der Waals surface area contributed by atoms with Crippen LogP contribution in [0.4, 0.5) is 5.69 Å². The smallest absolute Gasteiger partial charge is 0.241 e. The van der Waals surface area contributed by atoms with E-state index in [1.54, 1.807) is 24.3 Å². The van der Waals surface area contributed by atoms with E-state index in [4.69, 9.17) is 5.73 Å². The minimum absolute atomic E-state index is 0.257. The van der Waals surface area contributed by atoms with E-state index in [0.717, 1.165) is 22.4 Å². The van der Waals surface area contributed by atoms with Gasteiger partial charge in [-0.05, 0) is 55.7 Å². The highest BCUT2D eigenvalue weighted by molar-refractivity contribution is 7.89. The number of anilines is 1. The Balaban J connectivity index is 2.22. The van der Waals surface area contributed by atoms with Gasteiger partial charge in [-0.2, -0.15) is 0 Å². The second kappa shape index (κ2) is 6.17. The van der Waals surface area contributed by atoms with Crippen LogP contribution in [0.3, 0.4) is 0 Å². The quantitative estimate of drug-likeness (QED) is 0.831. The normalized spacial score (nSPS) is 11.8. The van der Waals surface area contributed by atoms with Crippen molar-refractivity contribution in [3.05, 3.63) is 45.1 Å². The zero-order valence-corrected chi connectivity index (χ0v) is 14.1. The second-order valence-corrected chi connectivity index (χ2v) is 8.00. The van der Waals surface area contributed by atoms with Gasteiger partial charge in [-0.25, -0.2) is 13.1 Å². The van der Waals surface area contributed by atoms with Gasteiger partial charge >= 0.3 is 0 Å². The third-order valence-corrected chi connectivity index (χ3v) is 6.19. The first-order chi connectivity index (χ1) is 9.83. The molecule has 1 heterocycles. The van der Waals surface area contributed by atoms with E-state index in [0.29, 0.717) is 12.2 Å². The molecule has 0 spiro atoms. The van der Waals surface area contributed by atoms with Crippen LogP contribution in [0.2, 0.25) is 0 Å². The maximum absolute atomic E-state index is 12.4. The molecular weight excluding hydrogens is 304 g/mol. The van der Waals surface area contributed by atoms with E-state index in [1.807, 2.05) is 19.1 Å². The van der Waals surface area contributed by atoms with Gasteiger partial charge in [0.05, 0.1) is 4.90 Å². The first-order valence-corrected chi connectivity index (χ1v) is 9.07. The Bertz CT molecular complexity index is 749. The Hall–Kier alpha value is -1.37. The summed E-state index contributed by atoms with van der Waals surface area (Å²) in [5, 5.41) is 0. The number of nitrogen functional groups attached to an aromatic ring is 1. The number of aryl methyl sites for hydroxylation is 2. The number of nitrogens with two attached hydrogens (primary N) is 1. The molecule has 0 unspecified atom stereocenters. The van der Waals surface area contributed by atoms with E-state index in [1.165, 1.54) is 10.9 Å². The summed E-state index contributed by atoms with van der Waals surface area (Å²) >= 11 is 1.63. The topological polar surface area (TPSA) is 72.2 Å². The van der Waals surface area contributed by atoms with E-state index in [-0.39, 0.29) is 4.90 Å². The van der Waals surface area contributed by atoms with E-state index < -0.39 is 10.0 Å². The summed E-state index contributed by atoms with van der Waals surface area (Å²) in [6.07, 6.45) is 0.963. The summed E-state index contributed by atoms with van der Waals surface area (Å²) in [5.74, 6) is 0. The molecule has 4 nitrogen and oxygen atoms in total. The molecular formula is C15H20N2O2S2. The van der Waals surface area contributed by atoms with Crippen LogP contribution in [0.1, 0.15) is 27.8 Å². The van der Waals surface area contributed by atoms with Gasteiger partial charge in [-0.3, -0.25) is 0 Å².